The minimum Gasteiger partial charge on any atom is -0.445 e. The van der Waals surface area contributed by atoms with Crippen LogP contribution in [0.2, 0.25) is 0 Å². The van der Waals surface area contributed by atoms with Gasteiger partial charge in [-0.05, 0) is 24.3 Å². The monoisotopic (exact) mass is 448 g/mol. The summed E-state index contributed by atoms with van der Waals surface area (Å²) in [7, 11) is -3.80. The lowest BCUT2D eigenvalue weighted by molar-refractivity contribution is 0.0280. The maximum atomic E-state index is 13.0. The first-order valence-electron chi connectivity index (χ1n) is 9.74. The molecule has 1 atom stereocenters. The predicted molar refractivity (Wildman–Crippen MR) is 117 cm³/mol. The zero-order valence-corrected chi connectivity index (χ0v) is 17.8. The topological polar surface area (TPSA) is 113 Å². The molecule has 0 fully saturated rings. The van der Waals surface area contributed by atoms with Crippen LogP contribution in [0.5, 0.6) is 0 Å². The lowest BCUT2D eigenvalue weighted by Gasteiger charge is -2.17. The van der Waals surface area contributed by atoms with Gasteiger partial charge in [-0.15, -0.1) is 0 Å². The van der Waals surface area contributed by atoms with Gasteiger partial charge in [0.2, 0.25) is 15.8 Å². The molecule has 1 N–H and O–H groups in total. The number of hydrogen-bond donors (Lipinski definition) is 1. The van der Waals surface area contributed by atoms with E-state index in [-0.39, 0.29) is 29.2 Å². The summed E-state index contributed by atoms with van der Waals surface area (Å²) in [6.07, 6.45) is -1.11. The third-order valence-corrected chi connectivity index (χ3v) is 6.03. The number of nitriles is 1. The van der Waals surface area contributed by atoms with E-state index in [1.807, 2.05) is 6.07 Å². The van der Waals surface area contributed by atoms with E-state index in [9.17, 15) is 18.0 Å². The minimum atomic E-state index is -3.80. The van der Waals surface area contributed by atoms with Crippen molar-refractivity contribution >= 4 is 21.8 Å². The molecule has 0 aliphatic carbocycles. The van der Waals surface area contributed by atoms with E-state index < -0.39 is 22.1 Å². The molecule has 8 heteroatoms. The normalized spacial score (nSPS) is 11.8. The van der Waals surface area contributed by atoms with E-state index in [2.05, 4.69) is 4.72 Å². The average Bonchev–Trinajstić information content (AvgIpc) is 2.83. The van der Waals surface area contributed by atoms with Crippen LogP contribution in [0, 0.1) is 11.3 Å². The molecule has 1 unspecified atom stereocenters. The summed E-state index contributed by atoms with van der Waals surface area (Å²) in [5.41, 5.74) is 1.03. The van der Waals surface area contributed by atoms with Gasteiger partial charge in [-0.3, -0.25) is 4.79 Å². The van der Waals surface area contributed by atoms with E-state index in [4.69, 9.17) is 10.00 Å². The molecule has 0 heterocycles. The molecule has 3 aromatic rings. The Morgan fingerprint density at radius 3 is 2.06 bits per heavy atom. The maximum absolute atomic E-state index is 13.0. The van der Waals surface area contributed by atoms with Crippen molar-refractivity contribution in [3.05, 3.63) is 102 Å². The molecule has 0 spiro atoms. The first kappa shape index (κ1) is 22.9. The molecule has 0 radical (unpaired) electrons. The third-order valence-electron chi connectivity index (χ3n) is 4.55. The number of sulfonamides is 1. The van der Waals surface area contributed by atoms with Gasteiger partial charge in [0.05, 0.1) is 16.5 Å². The highest BCUT2D eigenvalue weighted by Gasteiger charge is 2.27. The Morgan fingerprint density at radius 2 is 1.47 bits per heavy atom. The molecule has 32 heavy (non-hydrogen) atoms. The SMILES string of the molecule is N#CCCNS(=O)(=O)c1ccc(C(=O)OC(C(=O)c2ccccc2)c2ccccc2)cc1. The van der Waals surface area contributed by atoms with Gasteiger partial charge < -0.3 is 4.74 Å². The Balaban J connectivity index is 1.81. The van der Waals surface area contributed by atoms with Crippen LogP contribution in [0.3, 0.4) is 0 Å². The summed E-state index contributed by atoms with van der Waals surface area (Å²) in [5.74, 6) is -1.13. The second-order valence-corrected chi connectivity index (χ2v) is 8.52. The van der Waals surface area contributed by atoms with Gasteiger partial charge in [0.25, 0.3) is 0 Å². The molecule has 162 valence electrons. The Hall–Kier alpha value is -3.80. The summed E-state index contributed by atoms with van der Waals surface area (Å²) in [6.45, 7) is -0.0109. The maximum Gasteiger partial charge on any atom is 0.339 e. The fourth-order valence-electron chi connectivity index (χ4n) is 2.92. The molecule has 0 amide bonds. The quantitative estimate of drug-likeness (QED) is 0.304. The van der Waals surface area contributed by atoms with Gasteiger partial charge in [0.15, 0.2) is 6.10 Å². The van der Waals surface area contributed by atoms with E-state index in [1.165, 1.54) is 24.3 Å². The van der Waals surface area contributed by atoms with Crippen molar-refractivity contribution in [3.63, 3.8) is 0 Å². The molecule has 7 nitrogen and oxygen atoms in total. The summed E-state index contributed by atoms with van der Waals surface area (Å²) in [4.78, 5) is 25.7. The van der Waals surface area contributed by atoms with Crippen LogP contribution < -0.4 is 4.72 Å². The number of benzene rings is 3. The molecule has 3 rings (SSSR count). The van der Waals surface area contributed by atoms with Crippen molar-refractivity contribution in [2.75, 3.05) is 6.54 Å². The summed E-state index contributed by atoms with van der Waals surface area (Å²) in [5, 5.41) is 8.54. The Morgan fingerprint density at radius 1 is 0.875 bits per heavy atom. The lowest BCUT2D eigenvalue weighted by Crippen LogP contribution is -2.24. The molecule has 0 saturated heterocycles. The summed E-state index contributed by atoms with van der Waals surface area (Å²) >= 11 is 0. The third kappa shape index (κ3) is 5.66. The minimum absolute atomic E-state index is 0.0109. The molecule has 0 bridgehead atoms. The number of hydrogen-bond acceptors (Lipinski definition) is 6. The fraction of sp³-hybridized carbons (Fsp3) is 0.125. The molecule has 0 aliphatic heterocycles. The smallest absolute Gasteiger partial charge is 0.339 e. The predicted octanol–water partition coefficient (Wildman–Crippen LogP) is 3.66. The molecular formula is C24H20N2O5S. The van der Waals surface area contributed by atoms with Crippen LogP contribution in [0.4, 0.5) is 0 Å². The zero-order chi connectivity index (χ0) is 23.0. The lowest BCUT2D eigenvalue weighted by atomic mass is 10.00. The van der Waals surface area contributed by atoms with Gasteiger partial charge in [0.1, 0.15) is 0 Å². The highest BCUT2D eigenvalue weighted by atomic mass is 32.2. The van der Waals surface area contributed by atoms with E-state index >= 15 is 0 Å². The largest absolute Gasteiger partial charge is 0.445 e. The van der Waals surface area contributed by atoms with E-state index in [0.717, 1.165) is 0 Å². The van der Waals surface area contributed by atoms with Crippen LogP contribution in [-0.2, 0) is 14.8 Å². The molecule has 0 saturated carbocycles. The van der Waals surface area contributed by atoms with Gasteiger partial charge in [-0.2, -0.15) is 5.26 Å². The van der Waals surface area contributed by atoms with Crippen molar-refractivity contribution in [2.45, 2.75) is 17.4 Å². The van der Waals surface area contributed by atoms with Crippen molar-refractivity contribution in [3.8, 4) is 6.07 Å². The fourth-order valence-corrected chi connectivity index (χ4v) is 3.96. The number of nitrogens with zero attached hydrogens (tertiary/aromatic N) is 1. The summed E-state index contributed by atoms with van der Waals surface area (Å²) in [6, 6.07) is 24.2. The molecule has 3 aromatic carbocycles. The highest BCUT2D eigenvalue weighted by molar-refractivity contribution is 7.89. The Kier molecular flexibility index (Phi) is 7.49. The average molecular weight is 449 g/mol. The summed E-state index contributed by atoms with van der Waals surface area (Å²) < 4.78 is 32.3. The van der Waals surface area contributed by atoms with Crippen LogP contribution >= 0.6 is 0 Å². The standard InChI is InChI=1S/C24H20N2O5S/c25-16-7-17-26-32(29,30)21-14-12-20(13-15-21)24(28)31-23(19-10-5-2-6-11-19)22(27)18-8-3-1-4-9-18/h1-6,8-15,23,26H,7,17H2. The second kappa shape index (κ2) is 10.5. The Labute approximate surface area is 186 Å². The van der Waals surface area contributed by atoms with Crippen molar-refractivity contribution < 1.29 is 22.7 Å². The number of ketones is 1. The zero-order valence-electron chi connectivity index (χ0n) is 17.0. The van der Waals surface area contributed by atoms with Crippen LogP contribution in [-0.4, -0.2) is 26.7 Å². The van der Waals surface area contributed by atoms with Gasteiger partial charge in [-0.25, -0.2) is 17.9 Å². The number of rotatable bonds is 9. The molecular weight excluding hydrogens is 428 g/mol. The first-order chi connectivity index (χ1) is 15.4. The number of carbonyl (C=O) groups is 2. The van der Waals surface area contributed by atoms with Gasteiger partial charge in [-0.1, -0.05) is 60.7 Å². The Bertz CT molecular complexity index is 1220. The van der Waals surface area contributed by atoms with E-state index in [1.54, 1.807) is 60.7 Å². The van der Waals surface area contributed by atoms with Crippen LogP contribution in [0.25, 0.3) is 0 Å². The number of carbonyl (C=O) groups excluding carboxylic acids is 2. The number of esters is 1. The number of ether oxygens (including phenoxy) is 1. The molecule has 0 aliphatic rings. The van der Waals surface area contributed by atoms with Gasteiger partial charge in [0, 0.05) is 24.1 Å². The van der Waals surface area contributed by atoms with Crippen molar-refractivity contribution in [1.29, 1.82) is 5.26 Å². The number of nitrogens with one attached hydrogen (secondary N) is 1. The first-order valence-corrected chi connectivity index (χ1v) is 11.2. The van der Waals surface area contributed by atoms with E-state index in [0.29, 0.717) is 11.1 Å². The molecule has 0 aromatic heterocycles. The van der Waals surface area contributed by atoms with Crippen molar-refractivity contribution in [1.82, 2.24) is 4.72 Å². The number of Topliss-reactive ketones (excluding diaryl/α,β-unsaturated/α-hetero) is 1. The van der Waals surface area contributed by atoms with Crippen molar-refractivity contribution in [2.24, 2.45) is 0 Å². The van der Waals surface area contributed by atoms with Crippen LogP contribution in [0.15, 0.2) is 89.8 Å². The highest BCUT2D eigenvalue weighted by Crippen LogP contribution is 2.24. The second-order valence-electron chi connectivity index (χ2n) is 6.76. The van der Waals surface area contributed by atoms with Crippen LogP contribution in [0.1, 0.15) is 38.8 Å². The van der Waals surface area contributed by atoms with Gasteiger partial charge >= 0.3 is 5.97 Å².